The van der Waals surface area contributed by atoms with Crippen LogP contribution < -0.4 is 10.0 Å². The molecule has 2 atom stereocenters. The Morgan fingerprint density at radius 3 is 2.23 bits per heavy atom. The molecule has 0 aliphatic heterocycles. The number of alkyl halides is 1. The molecule has 0 fully saturated rings. The summed E-state index contributed by atoms with van der Waals surface area (Å²) < 4.78 is 69.2. The standard InChI is InChI=1S/C15H19ClN2O11S2/c1-30(22,23)29-11(9-27-12(19)7-16)13(14(20)18-31(24,25)26)17-15(21)28-8-10-5-3-2-4-6-10/h2-6,11,13H,7-9H2,1H3,(H,17,21)(H,18,20)(H,24,25,26)/t11-,13+/m1/s1. The molecular weight excluding hydrogens is 484 g/mol. The molecule has 16 heteroatoms. The molecule has 174 valence electrons. The van der Waals surface area contributed by atoms with Gasteiger partial charge >= 0.3 is 22.4 Å². The number of hydrogen-bond donors (Lipinski definition) is 3. The zero-order valence-corrected chi connectivity index (χ0v) is 18.3. The highest BCUT2D eigenvalue weighted by atomic mass is 35.5. The molecule has 0 unspecified atom stereocenters. The highest BCUT2D eigenvalue weighted by molar-refractivity contribution is 7.86. The fourth-order valence-corrected chi connectivity index (χ4v) is 3.10. The van der Waals surface area contributed by atoms with Gasteiger partial charge in [-0.2, -0.15) is 16.8 Å². The van der Waals surface area contributed by atoms with Crippen LogP contribution in [0.3, 0.4) is 0 Å². The van der Waals surface area contributed by atoms with E-state index in [9.17, 15) is 31.2 Å². The Kier molecular flexibility index (Phi) is 10.1. The summed E-state index contributed by atoms with van der Waals surface area (Å²) in [5.74, 6) is -3.25. The predicted octanol–water partition coefficient (Wildman–Crippen LogP) is -0.673. The van der Waals surface area contributed by atoms with Crippen LogP contribution in [0, 0.1) is 0 Å². The number of nitrogens with one attached hydrogen (secondary N) is 2. The maximum Gasteiger partial charge on any atom is 0.408 e. The summed E-state index contributed by atoms with van der Waals surface area (Å²) in [7, 11) is -9.40. The molecule has 13 nitrogen and oxygen atoms in total. The van der Waals surface area contributed by atoms with E-state index in [1.165, 1.54) is 0 Å². The van der Waals surface area contributed by atoms with Crippen molar-refractivity contribution in [3.8, 4) is 0 Å². The molecule has 0 aromatic heterocycles. The van der Waals surface area contributed by atoms with Crippen molar-refractivity contribution in [2.24, 2.45) is 0 Å². The third-order valence-electron chi connectivity index (χ3n) is 3.19. The number of carbonyl (C=O) groups is 3. The highest BCUT2D eigenvalue weighted by Crippen LogP contribution is 2.08. The number of hydrogen-bond acceptors (Lipinski definition) is 10. The van der Waals surface area contributed by atoms with E-state index in [-0.39, 0.29) is 6.61 Å². The first kappa shape index (κ1) is 26.6. The molecule has 0 saturated carbocycles. The van der Waals surface area contributed by atoms with Crippen LogP contribution in [-0.4, -0.2) is 70.2 Å². The lowest BCUT2D eigenvalue weighted by Crippen LogP contribution is -2.56. The predicted molar refractivity (Wildman–Crippen MR) is 105 cm³/mol. The van der Waals surface area contributed by atoms with Gasteiger partial charge in [0.15, 0.2) is 0 Å². The van der Waals surface area contributed by atoms with Crippen molar-refractivity contribution in [2.45, 2.75) is 18.8 Å². The van der Waals surface area contributed by atoms with Crippen molar-refractivity contribution < 1.29 is 49.4 Å². The first-order chi connectivity index (χ1) is 14.3. The number of alkyl carbamates (subject to hydrolysis) is 1. The van der Waals surface area contributed by atoms with Crippen molar-refractivity contribution >= 4 is 50.0 Å². The minimum atomic E-state index is -5.10. The van der Waals surface area contributed by atoms with E-state index in [1.54, 1.807) is 30.3 Å². The Morgan fingerprint density at radius 2 is 1.71 bits per heavy atom. The van der Waals surface area contributed by atoms with Crippen LogP contribution in [0.2, 0.25) is 0 Å². The van der Waals surface area contributed by atoms with Gasteiger partial charge in [-0.25, -0.2) is 9.52 Å². The SMILES string of the molecule is CS(=O)(=O)O[C@H](COC(=O)CCl)[C@H](NC(=O)OCc1ccccc1)C(=O)NS(=O)(=O)O. The summed E-state index contributed by atoms with van der Waals surface area (Å²) in [5, 5.41) is 1.91. The van der Waals surface area contributed by atoms with E-state index >= 15 is 0 Å². The zero-order chi connectivity index (χ0) is 23.7. The van der Waals surface area contributed by atoms with Gasteiger partial charge in [0.2, 0.25) is 0 Å². The molecular formula is C15H19ClN2O11S2. The molecule has 0 bridgehead atoms. The lowest BCUT2D eigenvalue weighted by atomic mass is 10.1. The smallest absolute Gasteiger partial charge is 0.408 e. The van der Waals surface area contributed by atoms with Gasteiger partial charge < -0.3 is 14.8 Å². The van der Waals surface area contributed by atoms with Gasteiger partial charge in [-0.05, 0) is 5.56 Å². The number of amides is 2. The Balaban J connectivity index is 3.07. The van der Waals surface area contributed by atoms with Gasteiger partial charge in [-0.15, -0.1) is 11.6 Å². The second kappa shape index (κ2) is 11.8. The van der Waals surface area contributed by atoms with Gasteiger partial charge in [-0.1, -0.05) is 30.3 Å². The first-order valence-electron chi connectivity index (χ1n) is 8.17. The lowest BCUT2D eigenvalue weighted by molar-refractivity contribution is -0.144. The van der Waals surface area contributed by atoms with E-state index in [0.717, 1.165) is 4.72 Å². The number of esters is 1. The molecule has 31 heavy (non-hydrogen) atoms. The van der Waals surface area contributed by atoms with Crippen molar-refractivity contribution in [1.82, 2.24) is 10.0 Å². The third kappa shape index (κ3) is 11.5. The van der Waals surface area contributed by atoms with Crippen LogP contribution >= 0.6 is 11.6 Å². The minimum Gasteiger partial charge on any atom is -0.462 e. The van der Waals surface area contributed by atoms with Crippen LogP contribution in [0.4, 0.5) is 4.79 Å². The molecule has 0 saturated heterocycles. The molecule has 0 heterocycles. The van der Waals surface area contributed by atoms with Crippen LogP contribution in [0.25, 0.3) is 0 Å². The van der Waals surface area contributed by atoms with Crippen LogP contribution in [0.1, 0.15) is 5.56 Å². The Labute approximate surface area is 183 Å². The van der Waals surface area contributed by atoms with E-state index in [2.05, 4.69) is 8.92 Å². The normalized spacial score (nSPS) is 13.5. The first-order valence-corrected chi connectivity index (χ1v) is 12.0. The van der Waals surface area contributed by atoms with E-state index < -0.39 is 63.0 Å². The number of carbonyl (C=O) groups excluding carboxylic acids is 3. The maximum atomic E-state index is 12.2. The van der Waals surface area contributed by atoms with Gasteiger partial charge in [0.1, 0.15) is 31.2 Å². The summed E-state index contributed by atoms with van der Waals surface area (Å²) >= 11 is 5.27. The molecule has 2 amide bonds. The molecule has 1 aromatic rings. The average Bonchev–Trinajstić information content (AvgIpc) is 2.66. The molecule has 0 aliphatic rings. The van der Waals surface area contributed by atoms with Crippen LogP contribution in [-0.2, 0) is 50.3 Å². The summed E-state index contributed by atoms with van der Waals surface area (Å²) in [6, 6.07) is 6.20. The second-order valence-electron chi connectivity index (χ2n) is 5.78. The monoisotopic (exact) mass is 502 g/mol. The fraction of sp³-hybridized carbons (Fsp3) is 0.400. The topological polar surface area (TPSA) is 191 Å². The second-order valence-corrected chi connectivity index (χ2v) is 8.80. The van der Waals surface area contributed by atoms with Crippen molar-refractivity contribution in [1.29, 1.82) is 0 Å². The Morgan fingerprint density at radius 1 is 1.10 bits per heavy atom. The zero-order valence-electron chi connectivity index (χ0n) is 15.9. The fourth-order valence-electron chi connectivity index (χ4n) is 2.03. The highest BCUT2D eigenvalue weighted by Gasteiger charge is 2.36. The Bertz CT molecular complexity index is 983. The summed E-state index contributed by atoms with van der Waals surface area (Å²) in [6.07, 6.45) is -2.62. The number of benzene rings is 1. The van der Waals surface area contributed by atoms with E-state index in [1.807, 2.05) is 5.32 Å². The van der Waals surface area contributed by atoms with Gasteiger partial charge in [-0.3, -0.25) is 18.3 Å². The molecule has 0 radical (unpaired) electrons. The average molecular weight is 503 g/mol. The molecule has 3 N–H and O–H groups in total. The van der Waals surface area contributed by atoms with Crippen molar-refractivity contribution in [3.63, 3.8) is 0 Å². The number of rotatable bonds is 11. The Hall–Kier alpha value is -2.46. The van der Waals surface area contributed by atoms with Crippen molar-refractivity contribution in [3.05, 3.63) is 35.9 Å². The molecule has 1 aromatic carbocycles. The largest absolute Gasteiger partial charge is 0.462 e. The summed E-state index contributed by atoms with van der Waals surface area (Å²) in [6.45, 7) is -1.18. The van der Waals surface area contributed by atoms with Gasteiger partial charge in [0.05, 0.1) is 6.26 Å². The van der Waals surface area contributed by atoms with Crippen LogP contribution in [0.5, 0.6) is 0 Å². The summed E-state index contributed by atoms with van der Waals surface area (Å²) in [5.41, 5.74) is 0.566. The van der Waals surface area contributed by atoms with E-state index in [4.69, 9.17) is 20.9 Å². The third-order valence-corrected chi connectivity index (χ3v) is 4.46. The molecule has 0 aliphatic carbocycles. The summed E-state index contributed by atoms with van der Waals surface area (Å²) in [4.78, 5) is 35.6. The van der Waals surface area contributed by atoms with Gasteiger partial charge in [0, 0.05) is 0 Å². The number of ether oxygens (including phenoxy) is 2. The van der Waals surface area contributed by atoms with E-state index in [0.29, 0.717) is 11.8 Å². The molecule has 0 spiro atoms. The van der Waals surface area contributed by atoms with Crippen molar-refractivity contribution in [2.75, 3.05) is 18.7 Å². The molecule has 1 rings (SSSR count). The minimum absolute atomic E-state index is 0.252. The van der Waals surface area contributed by atoms with Gasteiger partial charge in [0.25, 0.3) is 16.0 Å². The van der Waals surface area contributed by atoms with Crippen LogP contribution in [0.15, 0.2) is 30.3 Å². The maximum absolute atomic E-state index is 12.2. The quantitative estimate of drug-likeness (QED) is 0.150. The lowest BCUT2D eigenvalue weighted by Gasteiger charge is -2.25. The number of halogens is 1.